The minimum atomic E-state index is -3.49. The molecule has 1 atom stereocenters. The number of carbonyl (C=O) groups excluding carboxylic acids is 1. The average Bonchev–Trinajstić information content (AvgIpc) is 2.85. The van der Waals surface area contributed by atoms with E-state index in [9.17, 15) is 18.0 Å². The number of nitrogens with two attached hydrogens (primary N) is 2. The van der Waals surface area contributed by atoms with E-state index in [4.69, 9.17) is 16.6 Å². The Kier molecular flexibility index (Phi) is 11.9. The SMILES string of the molecule is Cc1ccc(S(=O)(=O)NCCCC[C@H](N)C(=O)O)cc1.NC(=O)N1CCC(Cc2ccccc2)CC1. The largest absolute Gasteiger partial charge is 0.480 e. The number of carboxylic acid groups (broad SMARTS) is 1. The summed E-state index contributed by atoms with van der Waals surface area (Å²) in [6, 6.07) is 15.9. The van der Waals surface area contributed by atoms with Gasteiger partial charge in [-0.3, -0.25) is 4.79 Å². The Labute approximate surface area is 213 Å². The molecule has 6 N–H and O–H groups in total. The summed E-state index contributed by atoms with van der Waals surface area (Å²) in [6.45, 7) is 3.78. The molecular weight excluding hydrogens is 480 g/mol. The molecule has 0 aromatic heterocycles. The van der Waals surface area contributed by atoms with Crippen molar-refractivity contribution in [2.24, 2.45) is 17.4 Å². The number of nitrogens with one attached hydrogen (secondary N) is 1. The third kappa shape index (κ3) is 10.3. The van der Waals surface area contributed by atoms with Crippen molar-refractivity contribution in [2.45, 2.75) is 56.4 Å². The molecular formula is C26H38N4O5S. The fourth-order valence-corrected chi connectivity index (χ4v) is 5.00. The summed E-state index contributed by atoms with van der Waals surface area (Å²) in [6.07, 6.45) is 4.70. The van der Waals surface area contributed by atoms with E-state index >= 15 is 0 Å². The van der Waals surface area contributed by atoms with Crippen LogP contribution >= 0.6 is 0 Å². The van der Waals surface area contributed by atoms with Crippen molar-refractivity contribution < 1.29 is 23.1 Å². The van der Waals surface area contributed by atoms with Crippen LogP contribution in [0.25, 0.3) is 0 Å². The first kappa shape index (κ1) is 29.3. The van der Waals surface area contributed by atoms with Crippen LogP contribution < -0.4 is 16.2 Å². The molecule has 0 unspecified atom stereocenters. The molecule has 9 nitrogen and oxygen atoms in total. The van der Waals surface area contributed by atoms with Gasteiger partial charge in [0.05, 0.1) is 4.90 Å². The normalized spacial score (nSPS) is 15.0. The molecule has 0 bridgehead atoms. The van der Waals surface area contributed by atoms with Crippen LogP contribution in [0.4, 0.5) is 4.79 Å². The lowest BCUT2D eigenvalue weighted by atomic mass is 9.90. The van der Waals surface area contributed by atoms with Crippen molar-refractivity contribution in [1.82, 2.24) is 9.62 Å². The molecule has 0 saturated carbocycles. The molecule has 2 aromatic carbocycles. The summed E-state index contributed by atoms with van der Waals surface area (Å²) in [5.74, 6) is -0.344. The van der Waals surface area contributed by atoms with Crippen molar-refractivity contribution in [1.29, 1.82) is 0 Å². The predicted octanol–water partition coefficient (Wildman–Crippen LogP) is 2.88. The molecule has 2 amide bonds. The molecule has 1 saturated heterocycles. The van der Waals surface area contributed by atoms with Gasteiger partial charge in [-0.05, 0) is 62.6 Å². The number of piperidine rings is 1. The number of likely N-dealkylation sites (tertiary alicyclic amines) is 1. The summed E-state index contributed by atoms with van der Waals surface area (Å²) in [5, 5.41) is 8.60. The van der Waals surface area contributed by atoms with E-state index in [-0.39, 0.29) is 17.5 Å². The zero-order chi connectivity index (χ0) is 26.6. The minimum absolute atomic E-state index is 0.227. The van der Waals surface area contributed by atoms with Crippen LogP contribution in [0, 0.1) is 12.8 Å². The number of amides is 2. The highest BCUT2D eigenvalue weighted by Crippen LogP contribution is 2.21. The molecule has 0 aliphatic carbocycles. The van der Waals surface area contributed by atoms with Crippen LogP contribution in [-0.2, 0) is 21.2 Å². The van der Waals surface area contributed by atoms with Gasteiger partial charge in [0, 0.05) is 19.6 Å². The van der Waals surface area contributed by atoms with Crippen LogP contribution in [0.2, 0.25) is 0 Å². The number of sulfonamides is 1. The van der Waals surface area contributed by atoms with E-state index in [1.807, 2.05) is 13.0 Å². The first-order valence-corrected chi connectivity index (χ1v) is 13.7. The van der Waals surface area contributed by atoms with Gasteiger partial charge in [0.1, 0.15) is 6.04 Å². The maximum absolute atomic E-state index is 11.9. The number of urea groups is 1. The first-order chi connectivity index (χ1) is 17.1. The molecule has 1 fully saturated rings. The molecule has 1 aliphatic heterocycles. The van der Waals surface area contributed by atoms with E-state index in [2.05, 4.69) is 29.0 Å². The second-order valence-electron chi connectivity index (χ2n) is 9.11. The van der Waals surface area contributed by atoms with Crippen molar-refractivity contribution >= 4 is 22.0 Å². The summed E-state index contributed by atoms with van der Waals surface area (Å²) < 4.78 is 26.3. The van der Waals surface area contributed by atoms with Crippen molar-refractivity contribution in [3.05, 3.63) is 65.7 Å². The second kappa shape index (κ2) is 14.6. The molecule has 0 spiro atoms. The maximum atomic E-state index is 11.9. The highest BCUT2D eigenvalue weighted by Gasteiger charge is 2.21. The second-order valence-corrected chi connectivity index (χ2v) is 10.9. The Morgan fingerprint density at radius 1 is 1.06 bits per heavy atom. The summed E-state index contributed by atoms with van der Waals surface area (Å²) in [7, 11) is -3.49. The zero-order valence-electron chi connectivity index (χ0n) is 20.8. The lowest BCUT2D eigenvalue weighted by molar-refractivity contribution is -0.138. The number of rotatable bonds is 10. The molecule has 10 heteroatoms. The number of carbonyl (C=O) groups is 2. The highest BCUT2D eigenvalue weighted by molar-refractivity contribution is 7.89. The van der Waals surface area contributed by atoms with Crippen molar-refractivity contribution in [2.75, 3.05) is 19.6 Å². The topological polar surface area (TPSA) is 156 Å². The molecule has 0 radical (unpaired) electrons. The van der Waals surface area contributed by atoms with Crippen molar-refractivity contribution in [3.63, 3.8) is 0 Å². The first-order valence-electron chi connectivity index (χ1n) is 12.2. The molecule has 198 valence electrons. The number of hydrogen-bond acceptors (Lipinski definition) is 5. The van der Waals surface area contributed by atoms with Crippen LogP contribution in [0.3, 0.4) is 0 Å². The Bertz CT molecular complexity index is 1050. The van der Waals surface area contributed by atoms with Gasteiger partial charge in [0.15, 0.2) is 0 Å². The molecule has 36 heavy (non-hydrogen) atoms. The minimum Gasteiger partial charge on any atom is -0.480 e. The fraction of sp³-hybridized carbons (Fsp3) is 0.462. The lowest BCUT2D eigenvalue weighted by Crippen LogP contribution is -2.41. The standard InChI is InChI=1S/C13H20N2O4S.C13H18N2O/c1-10-5-7-11(8-6-10)20(18,19)15-9-3-2-4-12(14)13(16)17;14-13(16)15-8-6-12(7-9-15)10-11-4-2-1-3-5-11/h5-8,12,15H,2-4,9,14H2,1H3,(H,16,17);1-5,12H,6-10H2,(H2,14,16)/t12-;/m0./s1. The number of benzene rings is 2. The Hall–Kier alpha value is -2.95. The summed E-state index contributed by atoms with van der Waals surface area (Å²) >= 11 is 0. The average molecular weight is 519 g/mol. The van der Waals surface area contributed by atoms with Crippen molar-refractivity contribution in [3.8, 4) is 0 Å². The van der Waals surface area contributed by atoms with Gasteiger partial charge in [0.2, 0.25) is 10.0 Å². The number of aliphatic carboxylic acids is 1. The molecule has 1 aliphatic rings. The zero-order valence-corrected chi connectivity index (χ0v) is 21.6. The quantitative estimate of drug-likeness (QED) is 0.354. The number of unbranched alkanes of at least 4 members (excludes halogenated alkanes) is 1. The molecule has 1 heterocycles. The number of carboxylic acids is 1. The van der Waals surface area contributed by atoms with Crippen LogP contribution in [0.15, 0.2) is 59.5 Å². The van der Waals surface area contributed by atoms with E-state index in [0.29, 0.717) is 25.2 Å². The van der Waals surface area contributed by atoms with Gasteiger partial charge >= 0.3 is 12.0 Å². The number of aryl methyl sites for hydroxylation is 1. The molecule has 2 aromatic rings. The Balaban J connectivity index is 0.000000259. The van der Waals surface area contributed by atoms with E-state index in [1.54, 1.807) is 29.2 Å². The number of hydrogen-bond donors (Lipinski definition) is 4. The smallest absolute Gasteiger partial charge is 0.320 e. The fourth-order valence-electron chi connectivity index (χ4n) is 3.92. The predicted molar refractivity (Wildman–Crippen MR) is 140 cm³/mol. The number of primary amides is 1. The summed E-state index contributed by atoms with van der Waals surface area (Å²) in [5.41, 5.74) is 13.0. The highest BCUT2D eigenvalue weighted by atomic mass is 32.2. The molecule has 3 rings (SSSR count). The van der Waals surface area contributed by atoms with Gasteiger partial charge in [-0.25, -0.2) is 17.9 Å². The van der Waals surface area contributed by atoms with Crippen LogP contribution in [-0.4, -0.2) is 56.1 Å². The third-order valence-corrected chi connectivity index (χ3v) is 7.65. The van der Waals surface area contributed by atoms with Crippen LogP contribution in [0.1, 0.15) is 43.2 Å². The van der Waals surface area contributed by atoms with Gasteiger partial charge in [0.25, 0.3) is 0 Å². The third-order valence-electron chi connectivity index (χ3n) is 6.18. The van der Waals surface area contributed by atoms with Gasteiger partial charge in [-0.15, -0.1) is 0 Å². The van der Waals surface area contributed by atoms with Crippen LogP contribution in [0.5, 0.6) is 0 Å². The summed E-state index contributed by atoms with van der Waals surface area (Å²) in [4.78, 5) is 23.4. The lowest BCUT2D eigenvalue weighted by Gasteiger charge is -2.30. The van der Waals surface area contributed by atoms with Gasteiger partial charge in [-0.1, -0.05) is 54.4 Å². The van der Waals surface area contributed by atoms with E-state index in [1.165, 1.54) is 5.56 Å². The maximum Gasteiger partial charge on any atom is 0.320 e. The van der Waals surface area contributed by atoms with E-state index < -0.39 is 22.0 Å². The Morgan fingerprint density at radius 3 is 2.22 bits per heavy atom. The van der Waals surface area contributed by atoms with Gasteiger partial charge in [-0.2, -0.15) is 0 Å². The monoisotopic (exact) mass is 518 g/mol. The number of nitrogens with zero attached hydrogens (tertiary/aromatic N) is 1. The Morgan fingerprint density at radius 2 is 1.67 bits per heavy atom. The van der Waals surface area contributed by atoms with E-state index in [0.717, 1.165) is 37.9 Å². The van der Waals surface area contributed by atoms with Gasteiger partial charge < -0.3 is 21.5 Å².